The average Bonchev–Trinajstić information content (AvgIpc) is 2.68. The van der Waals surface area contributed by atoms with E-state index < -0.39 is 0 Å². The molecular formula is C9H18N2O. The summed E-state index contributed by atoms with van der Waals surface area (Å²) in [7, 11) is 0. The van der Waals surface area contributed by atoms with Gasteiger partial charge < -0.3 is 11.1 Å². The predicted octanol–water partition coefficient (Wildman–Crippen LogP) is 1.13. The number of hydrogen-bond donors (Lipinski definition) is 2. The number of carbonyl (C=O) groups excluding carboxylic acids is 1. The molecule has 1 saturated carbocycles. The highest BCUT2D eigenvalue weighted by Crippen LogP contribution is 2.28. The van der Waals surface area contributed by atoms with Crippen LogP contribution in [-0.2, 0) is 4.79 Å². The van der Waals surface area contributed by atoms with Crippen molar-refractivity contribution in [2.45, 2.75) is 51.1 Å². The standard InChI is InChI=1S/C9H18N2O/c1-2-3-4-5-8(12)11-9(10)6-7-9/h2-7,10H2,1H3,(H,11,12). The van der Waals surface area contributed by atoms with Gasteiger partial charge in [-0.15, -0.1) is 0 Å². The van der Waals surface area contributed by atoms with E-state index in [0.29, 0.717) is 6.42 Å². The third kappa shape index (κ3) is 3.22. The summed E-state index contributed by atoms with van der Waals surface area (Å²) in [4.78, 5) is 11.2. The van der Waals surface area contributed by atoms with Crippen molar-refractivity contribution in [2.75, 3.05) is 0 Å². The minimum absolute atomic E-state index is 0.114. The smallest absolute Gasteiger partial charge is 0.221 e. The Morgan fingerprint density at radius 2 is 2.17 bits per heavy atom. The molecule has 1 aliphatic carbocycles. The summed E-state index contributed by atoms with van der Waals surface area (Å²) in [6, 6.07) is 0. The van der Waals surface area contributed by atoms with Gasteiger partial charge >= 0.3 is 0 Å². The van der Waals surface area contributed by atoms with E-state index in [1.165, 1.54) is 0 Å². The number of hydrogen-bond acceptors (Lipinski definition) is 2. The van der Waals surface area contributed by atoms with Crippen LogP contribution in [0, 0.1) is 0 Å². The van der Waals surface area contributed by atoms with E-state index in [-0.39, 0.29) is 11.6 Å². The summed E-state index contributed by atoms with van der Waals surface area (Å²) in [6.07, 6.45) is 5.77. The SMILES string of the molecule is CCCCCC(=O)NC1(N)CC1. The molecule has 3 heteroatoms. The van der Waals surface area contributed by atoms with Gasteiger partial charge in [0.25, 0.3) is 0 Å². The molecule has 3 N–H and O–H groups in total. The lowest BCUT2D eigenvalue weighted by Gasteiger charge is -2.10. The Balaban J connectivity index is 2.04. The second kappa shape index (κ2) is 3.90. The Bertz CT molecular complexity index is 164. The quantitative estimate of drug-likeness (QED) is 0.480. The molecule has 0 aliphatic heterocycles. The molecular weight excluding hydrogens is 152 g/mol. The minimum atomic E-state index is -0.330. The summed E-state index contributed by atoms with van der Waals surface area (Å²) < 4.78 is 0. The summed E-state index contributed by atoms with van der Waals surface area (Å²) >= 11 is 0. The van der Waals surface area contributed by atoms with Crippen molar-refractivity contribution in [1.29, 1.82) is 0 Å². The monoisotopic (exact) mass is 170 g/mol. The molecule has 0 aromatic heterocycles. The van der Waals surface area contributed by atoms with Crippen LogP contribution in [0.2, 0.25) is 0 Å². The molecule has 1 fully saturated rings. The number of unbranched alkanes of at least 4 members (excludes halogenated alkanes) is 2. The number of nitrogens with two attached hydrogens (primary N) is 1. The van der Waals surface area contributed by atoms with Gasteiger partial charge in [-0.1, -0.05) is 19.8 Å². The van der Waals surface area contributed by atoms with Crippen LogP contribution in [0.15, 0.2) is 0 Å². The molecule has 0 radical (unpaired) electrons. The van der Waals surface area contributed by atoms with Crippen LogP contribution in [0.1, 0.15) is 45.4 Å². The zero-order valence-corrected chi connectivity index (χ0v) is 7.73. The van der Waals surface area contributed by atoms with Gasteiger partial charge in [0.2, 0.25) is 5.91 Å². The van der Waals surface area contributed by atoms with E-state index >= 15 is 0 Å². The maximum atomic E-state index is 11.2. The van der Waals surface area contributed by atoms with Crippen molar-refractivity contribution in [1.82, 2.24) is 5.32 Å². The normalized spacial score (nSPS) is 18.8. The lowest BCUT2D eigenvalue weighted by Crippen LogP contribution is -2.43. The Labute approximate surface area is 73.7 Å². The molecule has 0 spiro atoms. The molecule has 0 aromatic carbocycles. The lowest BCUT2D eigenvalue weighted by atomic mass is 10.2. The molecule has 1 aliphatic rings. The van der Waals surface area contributed by atoms with Crippen LogP contribution in [0.25, 0.3) is 0 Å². The maximum absolute atomic E-state index is 11.2. The second-order valence-electron chi connectivity index (χ2n) is 3.66. The first-order valence-electron chi connectivity index (χ1n) is 4.76. The number of carbonyl (C=O) groups is 1. The van der Waals surface area contributed by atoms with Gasteiger partial charge in [0.05, 0.1) is 5.66 Å². The van der Waals surface area contributed by atoms with E-state index in [0.717, 1.165) is 32.1 Å². The summed E-state index contributed by atoms with van der Waals surface area (Å²) in [5, 5.41) is 2.83. The maximum Gasteiger partial charge on any atom is 0.221 e. The Morgan fingerprint density at radius 3 is 2.67 bits per heavy atom. The highest BCUT2D eigenvalue weighted by Gasteiger charge is 2.39. The molecule has 1 rings (SSSR count). The first-order chi connectivity index (χ1) is 5.66. The van der Waals surface area contributed by atoms with E-state index in [9.17, 15) is 4.79 Å². The molecule has 0 unspecified atom stereocenters. The molecule has 1 amide bonds. The molecule has 0 bridgehead atoms. The van der Waals surface area contributed by atoms with Crippen molar-refractivity contribution in [3.05, 3.63) is 0 Å². The zero-order valence-electron chi connectivity index (χ0n) is 7.73. The van der Waals surface area contributed by atoms with Crippen LogP contribution in [0.5, 0.6) is 0 Å². The van der Waals surface area contributed by atoms with Gasteiger partial charge in [-0.2, -0.15) is 0 Å². The van der Waals surface area contributed by atoms with Gasteiger partial charge in [0, 0.05) is 6.42 Å². The van der Waals surface area contributed by atoms with E-state index in [1.54, 1.807) is 0 Å². The summed E-state index contributed by atoms with van der Waals surface area (Å²) in [5.41, 5.74) is 5.39. The molecule has 70 valence electrons. The van der Waals surface area contributed by atoms with E-state index in [2.05, 4.69) is 12.2 Å². The summed E-state index contributed by atoms with van der Waals surface area (Å²) in [5.74, 6) is 0.114. The number of nitrogens with one attached hydrogen (secondary N) is 1. The molecule has 0 aromatic rings. The average molecular weight is 170 g/mol. The fourth-order valence-electron chi connectivity index (χ4n) is 1.14. The largest absolute Gasteiger partial charge is 0.338 e. The fraction of sp³-hybridized carbons (Fsp3) is 0.889. The first-order valence-corrected chi connectivity index (χ1v) is 4.76. The van der Waals surface area contributed by atoms with Crippen molar-refractivity contribution in [3.63, 3.8) is 0 Å². The highest BCUT2D eigenvalue weighted by atomic mass is 16.1. The highest BCUT2D eigenvalue weighted by molar-refractivity contribution is 5.77. The number of rotatable bonds is 5. The van der Waals surface area contributed by atoms with E-state index in [1.807, 2.05) is 0 Å². The van der Waals surface area contributed by atoms with Gasteiger partial charge in [0.15, 0.2) is 0 Å². The molecule has 12 heavy (non-hydrogen) atoms. The van der Waals surface area contributed by atoms with Crippen LogP contribution in [-0.4, -0.2) is 11.6 Å². The minimum Gasteiger partial charge on any atom is -0.338 e. The van der Waals surface area contributed by atoms with Crippen LogP contribution < -0.4 is 11.1 Å². The van der Waals surface area contributed by atoms with Crippen LogP contribution in [0.3, 0.4) is 0 Å². The molecule has 0 atom stereocenters. The van der Waals surface area contributed by atoms with Crippen LogP contribution in [0.4, 0.5) is 0 Å². The van der Waals surface area contributed by atoms with Crippen molar-refractivity contribution in [2.24, 2.45) is 5.73 Å². The van der Waals surface area contributed by atoms with Crippen molar-refractivity contribution < 1.29 is 4.79 Å². The Hall–Kier alpha value is -0.570. The summed E-state index contributed by atoms with van der Waals surface area (Å²) in [6.45, 7) is 2.13. The van der Waals surface area contributed by atoms with E-state index in [4.69, 9.17) is 5.73 Å². The van der Waals surface area contributed by atoms with Gasteiger partial charge in [-0.25, -0.2) is 0 Å². The zero-order chi connectivity index (χ0) is 9.03. The van der Waals surface area contributed by atoms with Crippen molar-refractivity contribution >= 4 is 5.91 Å². The van der Waals surface area contributed by atoms with Gasteiger partial charge in [0.1, 0.15) is 0 Å². The second-order valence-corrected chi connectivity index (χ2v) is 3.66. The Kier molecular flexibility index (Phi) is 3.09. The Morgan fingerprint density at radius 1 is 1.50 bits per heavy atom. The van der Waals surface area contributed by atoms with Gasteiger partial charge in [-0.3, -0.25) is 4.79 Å². The van der Waals surface area contributed by atoms with Gasteiger partial charge in [-0.05, 0) is 19.3 Å². The molecule has 3 nitrogen and oxygen atoms in total. The topological polar surface area (TPSA) is 55.1 Å². The third-order valence-electron chi connectivity index (χ3n) is 2.18. The molecule has 0 heterocycles. The third-order valence-corrected chi connectivity index (χ3v) is 2.18. The fourth-order valence-corrected chi connectivity index (χ4v) is 1.14. The lowest BCUT2D eigenvalue weighted by molar-refractivity contribution is -0.122. The predicted molar refractivity (Wildman–Crippen MR) is 48.4 cm³/mol. The van der Waals surface area contributed by atoms with Crippen LogP contribution >= 0.6 is 0 Å². The molecule has 0 saturated heterocycles. The number of amides is 1. The van der Waals surface area contributed by atoms with Crippen molar-refractivity contribution in [3.8, 4) is 0 Å². The first kappa shape index (κ1) is 9.52.